The van der Waals surface area contributed by atoms with E-state index in [4.69, 9.17) is 0 Å². The van der Waals surface area contributed by atoms with Crippen LogP contribution < -0.4 is 58.5 Å². The van der Waals surface area contributed by atoms with Crippen molar-refractivity contribution in [3.05, 3.63) is 35.9 Å². The van der Waals surface area contributed by atoms with E-state index in [9.17, 15) is 87.5 Å². The van der Waals surface area contributed by atoms with Gasteiger partial charge in [0.2, 0.25) is 70.9 Å². The van der Waals surface area contributed by atoms with Gasteiger partial charge in [-0.2, -0.15) is 0 Å². The first kappa shape index (κ1) is 81.1. The number of benzene rings is 1. The molecule has 31 heteroatoms. The van der Waals surface area contributed by atoms with Crippen LogP contribution in [0.2, 0.25) is 0 Å². The maximum Gasteiger partial charge on any atom is 0.326 e. The van der Waals surface area contributed by atoms with Crippen molar-refractivity contribution in [2.75, 3.05) is 26.2 Å². The minimum Gasteiger partial charge on any atom is -0.481 e. The highest BCUT2D eigenvalue weighted by Gasteiger charge is 2.44. The van der Waals surface area contributed by atoms with Crippen LogP contribution in [0.4, 0.5) is 0 Å². The monoisotopic (exact) mass is 1370 g/mol. The second kappa shape index (κ2) is 38.6. The Labute approximate surface area is 566 Å². The molecule has 4 rings (SSSR count). The van der Waals surface area contributed by atoms with Gasteiger partial charge in [-0.05, 0) is 113 Å². The zero-order chi connectivity index (χ0) is 72.7. The predicted octanol–water partition coefficient (Wildman–Crippen LogP) is -1.79. The van der Waals surface area contributed by atoms with Gasteiger partial charge in [-0.3, -0.25) is 62.3 Å². The quantitative estimate of drug-likeness (QED) is 0.0350. The van der Waals surface area contributed by atoms with E-state index in [0.717, 1.165) is 6.42 Å². The van der Waals surface area contributed by atoms with E-state index >= 15 is 0 Å². The number of hydrogen-bond donors (Lipinski definition) is 15. The fourth-order valence-corrected chi connectivity index (χ4v) is 11.8. The van der Waals surface area contributed by atoms with Crippen LogP contribution in [0.25, 0.3) is 0 Å². The lowest BCUT2D eigenvalue weighted by Crippen LogP contribution is -2.61. The van der Waals surface area contributed by atoms with E-state index in [2.05, 4.69) is 58.5 Å². The molecule has 0 aliphatic carbocycles. The molecule has 0 bridgehead atoms. The Morgan fingerprint density at radius 1 is 0.464 bits per heavy atom. The Bertz CT molecular complexity index is 2920. The van der Waals surface area contributed by atoms with E-state index in [1.807, 2.05) is 27.7 Å². The summed E-state index contributed by atoms with van der Waals surface area (Å²) in [6, 6.07) is -8.83. The molecule has 3 aliphatic heterocycles. The number of amides is 12. The van der Waals surface area contributed by atoms with Gasteiger partial charge in [0, 0.05) is 19.5 Å². The Morgan fingerprint density at radius 2 is 0.907 bits per heavy atom. The Morgan fingerprint density at radius 3 is 1.41 bits per heavy atom. The smallest absolute Gasteiger partial charge is 0.326 e. The maximum atomic E-state index is 14.6. The highest BCUT2D eigenvalue weighted by molar-refractivity contribution is 6.00. The first-order valence-corrected chi connectivity index (χ1v) is 33.7. The van der Waals surface area contributed by atoms with E-state index in [0.29, 0.717) is 31.4 Å². The summed E-state index contributed by atoms with van der Waals surface area (Å²) >= 11 is 0. The number of nitrogens with zero attached hydrogens (tertiary/aromatic N) is 2. The number of carbonyl (C=O) groups excluding carboxylic acids is 12. The molecule has 3 saturated heterocycles. The number of nitrogens with one attached hydrogen (secondary N) is 11. The summed E-state index contributed by atoms with van der Waals surface area (Å²) in [5.74, 6) is -14.4. The van der Waals surface area contributed by atoms with E-state index in [-0.39, 0.29) is 69.4 Å². The van der Waals surface area contributed by atoms with Crippen LogP contribution in [0.1, 0.15) is 153 Å². The Balaban J connectivity index is 1.45. The van der Waals surface area contributed by atoms with Crippen molar-refractivity contribution in [3.63, 3.8) is 0 Å². The molecule has 542 valence electrons. The zero-order valence-electron chi connectivity index (χ0n) is 57.9. The first-order valence-electron chi connectivity index (χ1n) is 33.7. The maximum absolute atomic E-state index is 14.6. The molecule has 97 heavy (non-hydrogen) atoms. The third-order valence-electron chi connectivity index (χ3n) is 17.1. The molecule has 12 amide bonds. The number of carbonyl (C=O) groups is 14. The molecule has 1 aromatic carbocycles. The van der Waals surface area contributed by atoms with Gasteiger partial charge >= 0.3 is 11.9 Å². The van der Waals surface area contributed by atoms with Crippen molar-refractivity contribution in [2.24, 2.45) is 29.6 Å². The van der Waals surface area contributed by atoms with Gasteiger partial charge in [-0.1, -0.05) is 99.6 Å². The lowest BCUT2D eigenvalue weighted by Gasteiger charge is -2.33. The van der Waals surface area contributed by atoms with Crippen molar-refractivity contribution in [1.29, 1.82) is 0 Å². The summed E-state index contributed by atoms with van der Waals surface area (Å²) in [6.07, 6.45) is 0.192. The Hall–Kier alpha value is -8.32. The predicted molar refractivity (Wildman–Crippen MR) is 352 cm³/mol. The summed E-state index contributed by atoms with van der Waals surface area (Å²) in [6.45, 7) is 19.8. The van der Waals surface area contributed by atoms with Gasteiger partial charge < -0.3 is 88.7 Å². The molecule has 0 saturated carbocycles. The number of hydrogen-bond acceptors (Lipinski definition) is 17. The summed E-state index contributed by atoms with van der Waals surface area (Å²) < 4.78 is 0. The molecule has 0 spiro atoms. The minimum absolute atomic E-state index is 0.0246. The molecular formula is C66H105N13O18. The highest BCUT2D eigenvalue weighted by Crippen LogP contribution is 2.24. The number of carboxylic acid groups (broad SMARTS) is 2. The lowest BCUT2D eigenvalue weighted by atomic mass is 9.98. The highest BCUT2D eigenvalue weighted by atomic mass is 16.4. The van der Waals surface area contributed by atoms with Gasteiger partial charge in [0.25, 0.3) is 0 Å². The van der Waals surface area contributed by atoms with Crippen molar-refractivity contribution >= 4 is 82.8 Å². The normalized spacial score (nSPS) is 19.6. The number of aliphatic hydroxyl groups excluding tert-OH is 2. The van der Waals surface area contributed by atoms with Crippen LogP contribution in [-0.2, 0) is 73.5 Å². The van der Waals surface area contributed by atoms with Crippen LogP contribution in [-0.4, -0.2) is 224 Å². The summed E-state index contributed by atoms with van der Waals surface area (Å²) in [5.41, 5.74) is 0.486. The SMILES string of the molecule is CC(C)C[C@H](NC(=O)[C@H](CO)NC(=O)[C@H](Cc1ccccc1)NC(=O)[C@H](CC(=O)O)NC(=O)[C@@H](NC(=O)[C@H](C)NC(=O)[C@@H]1CCCN1C(=O)[C@H](CC(C)C)NC(=O)[C@H](CC(C)C)NC(=O)[C@@H](NC(=O)[C@@H]1CCCN1C(=O)[C@@H](NC(=O)[C@@H]1CCCN1)[C@@H](C)O)C(C)C)C(C)C)C(=O)O. The lowest BCUT2D eigenvalue weighted by molar-refractivity contribution is -0.144. The number of carboxylic acids is 2. The van der Waals surface area contributed by atoms with Gasteiger partial charge in [-0.15, -0.1) is 0 Å². The number of aliphatic hydroxyl groups is 2. The molecule has 0 radical (unpaired) electrons. The second-order valence-electron chi connectivity index (χ2n) is 27.5. The average Bonchev–Trinajstić information content (AvgIpc) is 1.77. The van der Waals surface area contributed by atoms with Gasteiger partial charge in [0.05, 0.1) is 25.2 Å². The van der Waals surface area contributed by atoms with Gasteiger partial charge in [-0.25, -0.2) is 4.79 Å². The first-order chi connectivity index (χ1) is 45.5. The largest absolute Gasteiger partial charge is 0.481 e. The van der Waals surface area contributed by atoms with Gasteiger partial charge in [0.1, 0.15) is 72.5 Å². The van der Waals surface area contributed by atoms with E-state index in [1.165, 1.54) is 23.6 Å². The molecular weight excluding hydrogens is 1260 g/mol. The standard InChI is InChI=1S/C66H105N13O18/c1-33(2)27-42(70-63(93)52(37(9)10)76-61(91)49-23-18-26-79(49)65(95)53(39(12)81)77-55(85)41-21-16-24-67-41)56(86)72-45(28-34(3)4)64(94)78-25-17-22-48(78)60(90)68-38(11)54(84)75-51(36(7)8)62(92)71-44(31-50(82)83)58(88)69-43(30-40-19-14-13-15-20-40)57(87)74-47(32-80)59(89)73-46(66(96)97)29-35(5)6/h13-15,19-20,33-39,41-49,51-53,67,80-81H,16-18,21-32H2,1-12H3,(H,68,90)(H,69,88)(H,70,93)(H,71,92)(H,72,86)(H,73,89)(H,74,87)(H,75,84)(H,76,91)(H,77,85)(H,82,83)(H,96,97)/t38-,39+,41-,42-,43-,44-,45-,46-,47-,48-,49-,51-,52-,53-/m0/s1. The third-order valence-corrected chi connectivity index (χ3v) is 17.1. The zero-order valence-corrected chi connectivity index (χ0v) is 57.9. The van der Waals surface area contributed by atoms with Crippen molar-refractivity contribution in [2.45, 2.75) is 238 Å². The van der Waals surface area contributed by atoms with Crippen LogP contribution >= 0.6 is 0 Å². The molecule has 3 aliphatic rings. The molecule has 14 atom stereocenters. The average molecular weight is 1370 g/mol. The summed E-state index contributed by atoms with van der Waals surface area (Å²) in [5, 5.41) is 68.9. The molecule has 0 unspecified atom stereocenters. The molecule has 0 aromatic heterocycles. The number of likely N-dealkylation sites (tertiary alicyclic amines) is 2. The van der Waals surface area contributed by atoms with Crippen molar-refractivity contribution in [3.8, 4) is 0 Å². The fourth-order valence-electron chi connectivity index (χ4n) is 11.8. The van der Waals surface area contributed by atoms with Crippen LogP contribution in [0, 0.1) is 29.6 Å². The van der Waals surface area contributed by atoms with Gasteiger partial charge in [0.15, 0.2) is 0 Å². The van der Waals surface area contributed by atoms with Crippen LogP contribution in [0.3, 0.4) is 0 Å². The van der Waals surface area contributed by atoms with Crippen molar-refractivity contribution < 1.29 is 87.5 Å². The summed E-state index contributed by atoms with van der Waals surface area (Å²) in [7, 11) is 0. The topological polar surface area (TPSA) is 459 Å². The van der Waals surface area contributed by atoms with E-state index in [1.54, 1.807) is 71.9 Å². The van der Waals surface area contributed by atoms with Crippen LogP contribution in [0.15, 0.2) is 30.3 Å². The fraction of sp³-hybridized carbons (Fsp3) is 0.697. The third kappa shape index (κ3) is 24.9. The summed E-state index contributed by atoms with van der Waals surface area (Å²) in [4.78, 5) is 194. The molecule has 3 fully saturated rings. The molecule has 15 N–H and O–H groups in total. The van der Waals surface area contributed by atoms with Crippen molar-refractivity contribution in [1.82, 2.24) is 68.3 Å². The molecule has 31 nitrogen and oxygen atoms in total. The van der Waals surface area contributed by atoms with Crippen LogP contribution in [0.5, 0.6) is 0 Å². The molecule has 1 aromatic rings. The number of aliphatic carboxylic acids is 2. The minimum atomic E-state index is -1.88. The second-order valence-corrected chi connectivity index (χ2v) is 27.5. The number of rotatable bonds is 37. The van der Waals surface area contributed by atoms with E-state index < -0.39 is 192 Å². The Kier molecular flexibility index (Phi) is 32.3. The molecule has 3 heterocycles.